The van der Waals surface area contributed by atoms with E-state index in [1.165, 1.54) is 23.9 Å². The Kier molecular flexibility index (Phi) is 6.66. The van der Waals surface area contributed by atoms with Gasteiger partial charge in [0.05, 0.1) is 18.1 Å². The summed E-state index contributed by atoms with van der Waals surface area (Å²) in [5.41, 5.74) is 0.655. The Hall–Kier alpha value is -2.33. The Bertz CT molecular complexity index is 1150. The lowest BCUT2D eigenvalue weighted by Crippen LogP contribution is -2.37. The van der Waals surface area contributed by atoms with Crippen molar-refractivity contribution in [3.63, 3.8) is 0 Å². The first-order valence-electron chi connectivity index (χ1n) is 9.52. The maximum absolute atomic E-state index is 12.6. The molecule has 2 aromatic carbocycles. The minimum atomic E-state index is -3.95. The third kappa shape index (κ3) is 4.95. The second-order valence-electron chi connectivity index (χ2n) is 6.67. The predicted molar refractivity (Wildman–Crippen MR) is 122 cm³/mol. The van der Waals surface area contributed by atoms with Crippen molar-refractivity contribution in [2.75, 3.05) is 37.5 Å². The lowest BCUT2D eigenvalue weighted by Gasteiger charge is -2.29. The number of halogens is 1. The van der Waals surface area contributed by atoms with Gasteiger partial charge in [0.15, 0.2) is 5.82 Å². The zero-order valence-corrected chi connectivity index (χ0v) is 19.1. The molecule has 0 N–H and O–H groups in total. The topological polar surface area (TPSA) is 81.6 Å². The summed E-state index contributed by atoms with van der Waals surface area (Å²) in [5, 5.41) is 0.364. The number of benzene rings is 2. The van der Waals surface area contributed by atoms with Gasteiger partial charge in [0, 0.05) is 18.7 Å². The molecule has 3 aromatic rings. The molecule has 2 heterocycles. The Balaban J connectivity index is 1.63. The number of rotatable bonds is 6. The molecule has 1 aromatic heterocycles. The van der Waals surface area contributed by atoms with Crippen molar-refractivity contribution in [2.45, 2.75) is 9.79 Å². The van der Waals surface area contributed by atoms with Gasteiger partial charge in [-0.05, 0) is 42.7 Å². The van der Waals surface area contributed by atoms with E-state index in [4.69, 9.17) is 25.5 Å². The van der Waals surface area contributed by atoms with Crippen LogP contribution in [-0.2, 0) is 14.9 Å². The SMILES string of the molecule is CSc1c(Cl)nc(-c2ccc(S(=O)(=O)Oc3ccccc3)cc2)nc1N1CCOCC1. The number of hydrogen-bond acceptors (Lipinski definition) is 8. The molecule has 0 unspecified atom stereocenters. The van der Waals surface area contributed by atoms with Gasteiger partial charge in [-0.3, -0.25) is 0 Å². The summed E-state index contributed by atoms with van der Waals surface area (Å²) >= 11 is 7.94. The van der Waals surface area contributed by atoms with E-state index in [1.807, 2.05) is 6.26 Å². The number of thioether (sulfide) groups is 1. The van der Waals surface area contributed by atoms with E-state index in [9.17, 15) is 8.42 Å². The van der Waals surface area contributed by atoms with Crippen LogP contribution in [0, 0.1) is 0 Å². The molecule has 0 amide bonds. The van der Waals surface area contributed by atoms with Crippen LogP contribution >= 0.6 is 23.4 Å². The molecule has 1 fully saturated rings. The van der Waals surface area contributed by atoms with E-state index in [1.54, 1.807) is 42.5 Å². The molecule has 1 aliphatic heterocycles. The fourth-order valence-corrected chi connectivity index (χ4v) is 5.03. The molecule has 1 aliphatic rings. The van der Waals surface area contributed by atoms with Gasteiger partial charge < -0.3 is 13.8 Å². The van der Waals surface area contributed by atoms with E-state index < -0.39 is 10.1 Å². The van der Waals surface area contributed by atoms with Crippen LogP contribution in [0.2, 0.25) is 5.15 Å². The van der Waals surface area contributed by atoms with Crippen molar-refractivity contribution in [3.8, 4) is 17.1 Å². The van der Waals surface area contributed by atoms with Crippen molar-refractivity contribution < 1.29 is 17.3 Å². The molecule has 4 rings (SSSR count). The van der Waals surface area contributed by atoms with Crippen LogP contribution in [0.3, 0.4) is 0 Å². The normalized spacial score (nSPS) is 14.5. The molecule has 0 spiro atoms. The second kappa shape index (κ2) is 9.44. The monoisotopic (exact) mass is 477 g/mol. The molecule has 162 valence electrons. The fourth-order valence-electron chi connectivity index (χ4n) is 3.13. The van der Waals surface area contributed by atoms with E-state index in [0.29, 0.717) is 42.8 Å². The number of ether oxygens (including phenoxy) is 1. The maximum atomic E-state index is 12.6. The highest BCUT2D eigenvalue weighted by Crippen LogP contribution is 2.35. The Morgan fingerprint density at radius 3 is 2.35 bits per heavy atom. The number of hydrogen-bond donors (Lipinski definition) is 0. The number of anilines is 1. The number of nitrogens with zero attached hydrogens (tertiary/aromatic N) is 3. The van der Waals surface area contributed by atoms with E-state index in [0.717, 1.165) is 10.7 Å². The van der Waals surface area contributed by atoms with Crippen LogP contribution < -0.4 is 9.08 Å². The Morgan fingerprint density at radius 2 is 1.71 bits per heavy atom. The van der Waals surface area contributed by atoms with Crippen LogP contribution in [0.5, 0.6) is 5.75 Å². The maximum Gasteiger partial charge on any atom is 0.339 e. The van der Waals surface area contributed by atoms with E-state index >= 15 is 0 Å². The molecule has 1 saturated heterocycles. The molecule has 31 heavy (non-hydrogen) atoms. The molecule has 0 atom stereocenters. The summed E-state index contributed by atoms with van der Waals surface area (Å²) in [6, 6.07) is 14.6. The largest absolute Gasteiger partial charge is 0.379 e. The molecule has 0 saturated carbocycles. The van der Waals surface area contributed by atoms with Crippen molar-refractivity contribution in [1.29, 1.82) is 0 Å². The van der Waals surface area contributed by atoms with Gasteiger partial charge in [-0.15, -0.1) is 11.8 Å². The summed E-state index contributed by atoms with van der Waals surface area (Å²) in [6.07, 6.45) is 1.93. The number of para-hydroxylation sites is 1. The van der Waals surface area contributed by atoms with Crippen molar-refractivity contribution in [2.24, 2.45) is 0 Å². The summed E-state index contributed by atoms with van der Waals surface area (Å²) in [5.74, 6) is 1.44. The third-order valence-electron chi connectivity index (χ3n) is 4.67. The third-order valence-corrected chi connectivity index (χ3v) is 7.10. The highest BCUT2D eigenvalue weighted by Gasteiger charge is 2.22. The average Bonchev–Trinajstić information content (AvgIpc) is 2.79. The minimum Gasteiger partial charge on any atom is -0.379 e. The predicted octanol–water partition coefficient (Wildman–Crippen LogP) is 4.12. The number of aromatic nitrogens is 2. The lowest BCUT2D eigenvalue weighted by atomic mass is 10.2. The van der Waals surface area contributed by atoms with Gasteiger partial charge in [-0.25, -0.2) is 9.97 Å². The minimum absolute atomic E-state index is 0.0420. The smallest absolute Gasteiger partial charge is 0.339 e. The van der Waals surface area contributed by atoms with Gasteiger partial charge in [-0.2, -0.15) is 8.42 Å². The van der Waals surface area contributed by atoms with Gasteiger partial charge in [0.1, 0.15) is 21.6 Å². The first kappa shape index (κ1) is 21.9. The quantitative estimate of drug-likeness (QED) is 0.298. The number of morpholine rings is 1. The van der Waals surface area contributed by atoms with Crippen molar-refractivity contribution >= 4 is 39.3 Å². The van der Waals surface area contributed by atoms with Gasteiger partial charge in [-0.1, -0.05) is 29.8 Å². The Morgan fingerprint density at radius 1 is 1.03 bits per heavy atom. The van der Waals surface area contributed by atoms with Crippen LogP contribution in [0.1, 0.15) is 0 Å². The van der Waals surface area contributed by atoms with Crippen LogP contribution in [0.4, 0.5) is 5.82 Å². The van der Waals surface area contributed by atoms with Gasteiger partial charge >= 0.3 is 10.1 Å². The highest BCUT2D eigenvalue weighted by atomic mass is 35.5. The van der Waals surface area contributed by atoms with Crippen LogP contribution in [-0.4, -0.2) is 50.9 Å². The molecule has 10 heteroatoms. The summed E-state index contributed by atoms with van der Waals surface area (Å²) in [6.45, 7) is 2.68. The highest BCUT2D eigenvalue weighted by molar-refractivity contribution is 7.98. The molecule has 0 bridgehead atoms. The van der Waals surface area contributed by atoms with Crippen molar-refractivity contribution in [3.05, 3.63) is 59.8 Å². The first-order chi connectivity index (χ1) is 15.0. The molecular weight excluding hydrogens is 458 g/mol. The zero-order valence-electron chi connectivity index (χ0n) is 16.7. The average molecular weight is 478 g/mol. The van der Waals surface area contributed by atoms with E-state index in [-0.39, 0.29) is 10.6 Å². The summed E-state index contributed by atoms with van der Waals surface area (Å²) in [4.78, 5) is 12.1. The standard InChI is InChI=1S/C21H20ClN3O4S2/c1-30-18-19(22)23-20(24-21(18)25-11-13-28-14-12-25)15-7-9-17(10-8-15)31(26,27)29-16-5-3-2-4-6-16/h2-10H,11-14H2,1H3. The Labute approximate surface area is 190 Å². The summed E-state index contributed by atoms with van der Waals surface area (Å²) < 4.78 is 35.7. The lowest BCUT2D eigenvalue weighted by molar-refractivity contribution is 0.122. The zero-order chi connectivity index (χ0) is 21.8. The first-order valence-corrected chi connectivity index (χ1v) is 12.5. The molecular formula is C21H20ClN3O4S2. The molecule has 7 nitrogen and oxygen atoms in total. The fraction of sp³-hybridized carbons (Fsp3) is 0.238. The molecule has 0 radical (unpaired) electrons. The molecule has 0 aliphatic carbocycles. The van der Waals surface area contributed by atoms with Crippen molar-refractivity contribution in [1.82, 2.24) is 9.97 Å². The van der Waals surface area contributed by atoms with Gasteiger partial charge in [0.2, 0.25) is 0 Å². The van der Waals surface area contributed by atoms with Crippen LogP contribution in [0.15, 0.2) is 64.4 Å². The summed E-state index contributed by atoms with van der Waals surface area (Å²) in [7, 11) is -3.95. The van der Waals surface area contributed by atoms with Crippen LogP contribution in [0.25, 0.3) is 11.4 Å². The second-order valence-corrected chi connectivity index (χ2v) is 9.39. The van der Waals surface area contributed by atoms with Gasteiger partial charge in [0.25, 0.3) is 0 Å². The van der Waals surface area contributed by atoms with E-state index in [2.05, 4.69) is 9.88 Å².